The minimum absolute atomic E-state index is 0.0508. The van der Waals surface area contributed by atoms with Gasteiger partial charge in [-0.05, 0) is 48.9 Å². The van der Waals surface area contributed by atoms with Crippen LogP contribution >= 0.6 is 11.3 Å². The predicted octanol–water partition coefficient (Wildman–Crippen LogP) is 3.83. The summed E-state index contributed by atoms with van der Waals surface area (Å²) < 4.78 is 0. The third kappa shape index (κ3) is 2.43. The summed E-state index contributed by atoms with van der Waals surface area (Å²) in [4.78, 5) is 12.5. The van der Waals surface area contributed by atoms with Gasteiger partial charge < -0.3 is 11.1 Å². The van der Waals surface area contributed by atoms with Crippen LogP contribution in [0, 0.1) is 0 Å². The van der Waals surface area contributed by atoms with E-state index in [4.69, 9.17) is 5.73 Å². The van der Waals surface area contributed by atoms with E-state index in [0.717, 1.165) is 29.1 Å². The number of thiophene rings is 1. The summed E-state index contributed by atoms with van der Waals surface area (Å²) in [7, 11) is 0. The average Bonchev–Trinajstić information content (AvgIpc) is 2.75. The van der Waals surface area contributed by atoms with Crippen LogP contribution in [0.25, 0.3) is 11.1 Å². The summed E-state index contributed by atoms with van der Waals surface area (Å²) in [6, 6.07) is 7.95. The van der Waals surface area contributed by atoms with Crippen molar-refractivity contribution >= 4 is 27.9 Å². The highest BCUT2D eigenvalue weighted by Crippen LogP contribution is 2.42. The molecule has 0 spiro atoms. The lowest BCUT2D eigenvalue weighted by Gasteiger charge is -2.13. The third-order valence-electron chi connectivity index (χ3n) is 3.69. The number of fused-ring (bicyclic) bond motifs is 1. The van der Waals surface area contributed by atoms with Gasteiger partial charge in [-0.1, -0.05) is 12.1 Å². The van der Waals surface area contributed by atoms with Crippen molar-refractivity contribution in [1.29, 1.82) is 0 Å². The molecule has 1 aliphatic rings. The molecule has 0 unspecified atom stereocenters. The lowest BCUT2D eigenvalue weighted by molar-refractivity contribution is -0.114. The molecule has 1 aliphatic carbocycles. The van der Waals surface area contributed by atoms with E-state index < -0.39 is 0 Å². The third-order valence-corrected chi connectivity index (χ3v) is 4.81. The summed E-state index contributed by atoms with van der Waals surface area (Å²) in [5.74, 6) is -0.0508. The van der Waals surface area contributed by atoms with Crippen molar-refractivity contribution in [1.82, 2.24) is 0 Å². The van der Waals surface area contributed by atoms with Gasteiger partial charge in [0, 0.05) is 23.1 Å². The molecule has 4 heteroatoms. The van der Waals surface area contributed by atoms with Crippen molar-refractivity contribution in [3.63, 3.8) is 0 Å². The Bertz CT molecular complexity index is 643. The number of amides is 1. The van der Waals surface area contributed by atoms with Crippen LogP contribution < -0.4 is 11.1 Å². The molecule has 3 nitrogen and oxygen atoms in total. The molecular weight excluding hydrogens is 268 g/mol. The molecule has 1 heterocycles. The van der Waals surface area contributed by atoms with Gasteiger partial charge in [0.15, 0.2) is 0 Å². The van der Waals surface area contributed by atoms with Gasteiger partial charge in [0.2, 0.25) is 5.91 Å². The lowest BCUT2D eigenvalue weighted by atomic mass is 9.92. The predicted molar refractivity (Wildman–Crippen MR) is 85.1 cm³/mol. The molecule has 2 aromatic rings. The Morgan fingerprint density at radius 2 is 1.90 bits per heavy atom. The van der Waals surface area contributed by atoms with E-state index in [1.807, 2.05) is 24.3 Å². The number of nitrogens with two attached hydrogens (primary N) is 1. The first kappa shape index (κ1) is 13.2. The van der Waals surface area contributed by atoms with Crippen LogP contribution in [-0.4, -0.2) is 5.91 Å². The summed E-state index contributed by atoms with van der Waals surface area (Å²) in [5.41, 5.74) is 10.8. The number of rotatable bonds is 2. The molecule has 1 aromatic carbocycles. The molecule has 104 valence electrons. The zero-order valence-electron chi connectivity index (χ0n) is 11.5. The number of nitrogen functional groups attached to an aromatic ring is 1. The smallest absolute Gasteiger partial charge is 0.221 e. The van der Waals surface area contributed by atoms with Gasteiger partial charge >= 0.3 is 0 Å². The van der Waals surface area contributed by atoms with Crippen molar-refractivity contribution < 1.29 is 4.79 Å². The fourth-order valence-electron chi connectivity index (χ4n) is 2.83. The van der Waals surface area contributed by atoms with E-state index in [9.17, 15) is 4.79 Å². The van der Waals surface area contributed by atoms with Gasteiger partial charge in [-0.2, -0.15) is 0 Å². The highest BCUT2D eigenvalue weighted by Gasteiger charge is 2.20. The molecule has 0 radical (unpaired) electrons. The Morgan fingerprint density at radius 1 is 1.20 bits per heavy atom. The van der Waals surface area contributed by atoms with Crippen molar-refractivity contribution in [2.24, 2.45) is 0 Å². The molecule has 1 aromatic heterocycles. The topological polar surface area (TPSA) is 55.1 Å². The number of hydrogen-bond acceptors (Lipinski definition) is 3. The van der Waals surface area contributed by atoms with Crippen LogP contribution in [0.15, 0.2) is 24.3 Å². The number of carbonyl (C=O) groups is 1. The SMILES string of the molecule is CC(=O)Nc1ccc(-c2c(N)sc3c2CCCC3)cc1. The molecule has 1 amide bonds. The number of nitrogens with one attached hydrogen (secondary N) is 1. The van der Waals surface area contributed by atoms with Crippen molar-refractivity contribution in [2.45, 2.75) is 32.6 Å². The standard InChI is InChI=1S/C16H18N2OS/c1-10(19)18-12-8-6-11(7-9-12)15-13-4-2-3-5-14(13)20-16(15)17/h6-9H,2-5,17H2,1H3,(H,18,19). The second kappa shape index (κ2) is 5.29. The summed E-state index contributed by atoms with van der Waals surface area (Å²) in [6.07, 6.45) is 4.81. The quantitative estimate of drug-likeness (QED) is 0.881. The second-order valence-corrected chi connectivity index (χ2v) is 6.35. The van der Waals surface area contributed by atoms with Gasteiger partial charge in [-0.3, -0.25) is 4.79 Å². The van der Waals surface area contributed by atoms with Gasteiger partial charge in [0.05, 0.1) is 5.00 Å². The Hall–Kier alpha value is -1.81. The van der Waals surface area contributed by atoms with Crippen LogP contribution in [0.2, 0.25) is 0 Å². The van der Waals surface area contributed by atoms with Gasteiger partial charge in [-0.15, -0.1) is 11.3 Å². The molecule has 0 atom stereocenters. The van der Waals surface area contributed by atoms with E-state index in [2.05, 4.69) is 5.32 Å². The van der Waals surface area contributed by atoms with Crippen molar-refractivity contribution in [3.8, 4) is 11.1 Å². The molecule has 0 aliphatic heterocycles. The first-order valence-electron chi connectivity index (χ1n) is 6.93. The fraction of sp³-hybridized carbons (Fsp3) is 0.312. The summed E-state index contributed by atoms with van der Waals surface area (Å²) in [6.45, 7) is 1.52. The van der Waals surface area contributed by atoms with E-state index in [-0.39, 0.29) is 5.91 Å². The van der Waals surface area contributed by atoms with E-state index in [0.29, 0.717) is 0 Å². The lowest BCUT2D eigenvalue weighted by Crippen LogP contribution is -2.05. The first-order chi connectivity index (χ1) is 9.65. The monoisotopic (exact) mass is 286 g/mol. The average molecular weight is 286 g/mol. The molecule has 0 saturated heterocycles. The largest absolute Gasteiger partial charge is 0.390 e. The van der Waals surface area contributed by atoms with E-state index in [1.54, 1.807) is 11.3 Å². The van der Waals surface area contributed by atoms with Gasteiger partial charge in [0.25, 0.3) is 0 Å². The van der Waals surface area contributed by atoms with Crippen molar-refractivity contribution in [3.05, 3.63) is 34.7 Å². The Morgan fingerprint density at radius 3 is 2.60 bits per heavy atom. The molecule has 20 heavy (non-hydrogen) atoms. The Kier molecular flexibility index (Phi) is 3.49. The summed E-state index contributed by atoms with van der Waals surface area (Å²) >= 11 is 1.73. The Balaban J connectivity index is 1.97. The summed E-state index contributed by atoms with van der Waals surface area (Å²) in [5, 5.41) is 3.71. The molecule has 0 fully saturated rings. The molecule has 0 bridgehead atoms. The second-order valence-electron chi connectivity index (χ2n) is 5.21. The van der Waals surface area contributed by atoms with E-state index >= 15 is 0 Å². The number of aryl methyl sites for hydroxylation is 1. The molecule has 0 saturated carbocycles. The fourth-order valence-corrected chi connectivity index (χ4v) is 4.01. The highest BCUT2D eigenvalue weighted by atomic mass is 32.1. The van der Waals surface area contributed by atoms with Crippen LogP contribution in [0.4, 0.5) is 10.7 Å². The van der Waals surface area contributed by atoms with Crippen LogP contribution in [0.3, 0.4) is 0 Å². The maximum Gasteiger partial charge on any atom is 0.221 e. The maximum absolute atomic E-state index is 11.0. The van der Waals surface area contributed by atoms with Crippen LogP contribution in [0.1, 0.15) is 30.2 Å². The highest BCUT2D eigenvalue weighted by molar-refractivity contribution is 7.16. The number of carbonyl (C=O) groups excluding carboxylic acids is 1. The molecular formula is C16H18N2OS. The van der Waals surface area contributed by atoms with Gasteiger partial charge in [-0.25, -0.2) is 0 Å². The van der Waals surface area contributed by atoms with Crippen molar-refractivity contribution in [2.75, 3.05) is 11.1 Å². The first-order valence-corrected chi connectivity index (χ1v) is 7.75. The number of hydrogen-bond donors (Lipinski definition) is 2. The van der Waals surface area contributed by atoms with Crippen LogP contribution in [0.5, 0.6) is 0 Å². The number of benzene rings is 1. The number of anilines is 2. The molecule has 3 N–H and O–H groups in total. The Labute approximate surface area is 122 Å². The maximum atomic E-state index is 11.0. The zero-order chi connectivity index (χ0) is 14.1. The minimum atomic E-state index is -0.0508. The van der Waals surface area contributed by atoms with Crippen LogP contribution in [-0.2, 0) is 17.6 Å². The van der Waals surface area contributed by atoms with Gasteiger partial charge in [0.1, 0.15) is 0 Å². The van der Waals surface area contributed by atoms with E-state index in [1.165, 1.54) is 35.8 Å². The zero-order valence-corrected chi connectivity index (χ0v) is 12.3. The molecule has 3 rings (SSSR count). The normalized spacial score (nSPS) is 13.8. The minimum Gasteiger partial charge on any atom is -0.390 e.